The summed E-state index contributed by atoms with van der Waals surface area (Å²) in [4.78, 5) is 27.8. The van der Waals surface area contributed by atoms with Gasteiger partial charge >= 0.3 is 12.1 Å². The molecule has 0 spiro atoms. The van der Waals surface area contributed by atoms with Crippen LogP contribution in [0.2, 0.25) is 0 Å². The van der Waals surface area contributed by atoms with Gasteiger partial charge < -0.3 is 9.84 Å². The van der Waals surface area contributed by atoms with Crippen molar-refractivity contribution >= 4 is 28.5 Å². The summed E-state index contributed by atoms with van der Waals surface area (Å²) in [5.41, 5.74) is 1.47. The molecule has 6 nitrogen and oxygen atoms in total. The Morgan fingerprint density at radius 1 is 1.25 bits per heavy atom. The molecule has 3 rings (SSSR count). The number of ether oxygens (including phenoxy) is 1. The van der Waals surface area contributed by atoms with Crippen molar-refractivity contribution in [1.29, 1.82) is 0 Å². The van der Waals surface area contributed by atoms with Crippen LogP contribution in [0.5, 0.6) is 0 Å². The number of hydrogen-bond acceptors (Lipinski definition) is 5. The molecular weight excluding hydrogens is 328 g/mol. The maximum atomic E-state index is 11.9. The molecule has 0 atom stereocenters. The molecular formula is C17H18N2O4S. The highest BCUT2D eigenvalue weighted by molar-refractivity contribution is 7.17. The molecule has 2 aromatic rings. The summed E-state index contributed by atoms with van der Waals surface area (Å²) in [7, 11) is 0. The van der Waals surface area contributed by atoms with E-state index in [0.717, 1.165) is 42.6 Å². The number of carbonyl (C=O) groups excluding carboxylic acids is 1. The minimum atomic E-state index is -1.000. The zero-order valence-corrected chi connectivity index (χ0v) is 13.8. The third-order valence-corrected chi connectivity index (χ3v) is 4.99. The van der Waals surface area contributed by atoms with Gasteiger partial charge in [-0.1, -0.05) is 54.5 Å². The summed E-state index contributed by atoms with van der Waals surface area (Å²) in [6, 6.07) is 9.33. The van der Waals surface area contributed by atoms with Crippen LogP contribution in [0.3, 0.4) is 0 Å². The average molecular weight is 346 g/mol. The van der Waals surface area contributed by atoms with Crippen molar-refractivity contribution in [3.63, 3.8) is 0 Å². The standard InChI is InChI=1S/C17H18N2O4S/c20-15(21)14-13(12-8-4-5-9-12)18-16(24-14)19-17(22)23-10-11-6-2-1-3-7-11/h1-3,6-7,12H,4-5,8-10H2,(H,20,21)(H,18,19,22). The van der Waals surface area contributed by atoms with E-state index in [9.17, 15) is 14.7 Å². The first-order valence-corrected chi connectivity index (χ1v) is 8.67. The number of hydrogen-bond donors (Lipinski definition) is 2. The number of carboxylic acids is 1. The summed E-state index contributed by atoms with van der Waals surface area (Å²) in [6.45, 7) is 0.152. The molecule has 1 aromatic carbocycles. The quantitative estimate of drug-likeness (QED) is 0.845. The smallest absolute Gasteiger partial charge is 0.413 e. The fourth-order valence-corrected chi connectivity index (χ4v) is 3.74. The van der Waals surface area contributed by atoms with Gasteiger partial charge in [-0.2, -0.15) is 0 Å². The number of carboxylic acid groups (broad SMARTS) is 1. The SMILES string of the molecule is O=C(Nc1nc(C2CCCC2)c(C(=O)O)s1)OCc1ccccc1. The molecule has 7 heteroatoms. The normalized spacial score (nSPS) is 14.5. The van der Waals surface area contributed by atoms with Crippen molar-refractivity contribution in [3.8, 4) is 0 Å². The summed E-state index contributed by atoms with van der Waals surface area (Å²) in [5, 5.41) is 12.2. The molecule has 126 valence electrons. The number of thiazole rings is 1. The van der Waals surface area contributed by atoms with Crippen LogP contribution in [-0.4, -0.2) is 22.2 Å². The van der Waals surface area contributed by atoms with E-state index in [1.807, 2.05) is 30.3 Å². The van der Waals surface area contributed by atoms with E-state index in [-0.39, 0.29) is 22.5 Å². The van der Waals surface area contributed by atoms with Crippen LogP contribution in [-0.2, 0) is 11.3 Å². The van der Waals surface area contributed by atoms with Gasteiger partial charge in [-0.25, -0.2) is 14.6 Å². The Labute approximate surface area is 143 Å². The first-order chi connectivity index (χ1) is 11.6. The monoisotopic (exact) mass is 346 g/mol. The predicted molar refractivity (Wildman–Crippen MR) is 90.5 cm³/mol. The Hall–Kier alpha value is -2.41. The minimum Gasteiger partial charge on any atom is -0.477 e. The first kappa shape index (κ1) is 16.4. The van der Waals surface area contributed by atoms with Gasteiger partial charge in [0.05, 0.1) is 5.69 Å². The molecule has 1 aliphatic rings. The molecule has 0 bridgehead atoms. The van der Waals surface area contributed by atoms with Crippen molar-refractivity contribution in [1.82, 2.24) is 4.98 Å². The molecule has 1 aliphatic carbocycles. The molecule has 0 unspecified atom stereocenters. The molecule has 0 radical (unpaired) electrons. The summed E-state index contributed by atoms with van der Waals surface area (Å²) >= 11 is 0.982. The van der Waals surface area contributed by atoms with E-state index in [0.29, 0.717) is 5.69 Å². The van der Waals surface area contributed by atoms with Crippen LogP contribution >= 0.6 is 11.3 Å². The molecule has 1 amide bonds. The molecule has 24 heavy (non-hydrogen) atoms. The molecule has 0 aliphatic heterocycles. The van der Waals surface area contributed by atoms with Gasteiger partial charge in [-0.3, -0.25) is 5.32 Å². The summed E-state index contributed by atoms with van der Waals surface area (Å²) in [6.07, 6.45) is 3.43. The zero-order valence-electron chi connectivity index (χ0n) is 13.0. The van der Waals surface area contributed by atoms with Crippen molar-refractivity contribution < 1.29 is 19.4 Å². The zero-order chi connectivity index (χ0) is 16.9. The Bertz CT molecular complexity index is 723. The number of carbonyl (C=O) groups is 2. The predicted octanol–water partition coefficient (Wildman–Crippen LogP) is 4.25. The summed E-state index contributed by atoms with van der Waals surface area (Å²) < 4.78 is 5.14. The van der Waals surface area contributed by atoms with Gasteiger partial charge in [0, 0.05) is 5.92 Å². The third kappa shape index (κ3) is 3.91. The fourth-order valence-electron chi connectivity index (χ4n) is 2.86. The minimum absolute atomic E-state index is 0.152. The summed E-state index contributed by atoms with van der Waals surface area (Å²) in [5.74, 6) is -0.830. The Balaban J connectivity index is 1.65. The molecule has 1 saturated carbocycles. The van der Waals surface area contributed by atoms with Gasteiger partial charge in [0.2, 0.25) is 0 Å². The Morgan fingerprint density at radius 3 is 2.62 bits per heavy atom. The van der Waals surface area contributed by atoms with E-state index in [4.69, 9.17) is 4.74 Å². The van der Waals surface area contributed by atoms with Gasteiger partial charge in [0.25, 0.3) is 0 Å². The van der Waals surface area contributed by atoms with Crippen molar-refractivity contribution in [2.75, 3.05) is 5.32 Å². The molecule has 1 fully saturated rings. The molecule has 1 heterocycles. The van der Waals surface area contributed by atoms with Crippen LogP contribution in [0.25, 0.3) is 0 Å². The van der Waals surface area contributed by atoms with E-state index in [1.165, 1.54) is 0 Å². The van der Waals surface area contributed by atoms with E-state index >= 15 is 0 Å². The number of benzene rings is 1. The second kappa shape index (κ2) is 7.44. The second-order valence-electron chi connectivity index (χ2n) is 5.71. The number of aromatic nitrogens is 1. The Morgan fingerprint density at radius 2 is 1.96 bits per heavy atom. The lowest BCUT2D eigenvalue weighted by molar-refractivity contribution is 0.0700. The Kier molecular flexibility index (Phi) is 5.10. The lowest BCUT2D eigenvalue weighted by Crippen LogP contribution is -2.13. The highest BCUT2D eigenvalue weighted by Crippen LogP contribution is 2.38. The van der Waals surface area contributed by atoms with Gasteiger partial charge in [0.1, 0.15) is 11.5 Å². The van der Waals surface area contributed by atoms with Gasteiger partial charge in [-0.05, 0) is 18.4 Å². The third-order valence-electron chi connectivity index (χ3n) is 4.01. The second-order valence-corrected chi connectivity index (χ2v) is 6.71. The van der Waals surface area contributed by atoms with Crippen LogP contribution in [0.1, 0.15) is 52.5 Å². The fraction of sp³-hybridized carbons (Fsp3) is 0.353. The topological polar surface area (TPSA) is 88.5 Å². The van der Waals surface area contributed by atoms with Gasteiger partial charge in [-0.15, -0.1) is 0 Å². The number of amides is 1. The number of nitrogens with zero attached hydrogens (tertiary/aromatic N) is 1. The van der Waals surface area contributed by atoms with Crippen LogP contribution in [0.4, 0.5) is 9.93 Å². The number of aromatic carboxylic acids is 1. The first-order valence-electron chi connectivity index (χ1n) is 7.85. The largest absolute Gasteiger partial charge is 0.477 e. The van der Waals surface area contributed by atoms with E-state index in [1.54, 1.807) is 0 Å². The molecule has 2 N–H and O–H groups in total. The van der Waals surface area contributed by atoms with Crippen LogP contribution in [0, 0.1) is 0 Å². The van der Waals surface area contributed by atoms with Crippen molar-refractivity contribution in [2.45, 2.75) is 38.2 Å². The van der Waals surface area contributed by atoms with Crippen LogP contribution < -0.4 is 5.32 Å². The lowest BCUT2D eigenvalue weighted by atomic mass is 10.0. The number of anilines is 1. The molecule has 0 saturated heterocycles. The van der Waals surface area contributed by atoms with E-state index in [2.05, 4.69) is 10.3 Å². The number of rotatable bonds is 5. The number of nitrogens with one attached hydrogen (secondary N) is 1. The van der Waals surface area contributed by atoms with Crippen molar-refractivity contribution in [2.24, 2.45) is 0 Å². The maximum absolute atomic E-state index is 11.9. The maximum Gasteiger partial charge on any atom is 0.413 e. The van der Waals surface area contributed by atoms with Gasteiger partial charge in [0.15, 0.2) is 5.13 Å². The highest BCUT2D eigenvalue weighted by Gasteiger charge is 2.27. The van der Waals surface area contributed by atoms with Crippen molar-refractivity contribution in [3.05, 3.63) is 46.5 Å². The molecule has 1 aromatic heterocycles. The van der Waals surface area contributed by atoms with E-state index < -0.39 is 12.1 Å². The average Bonchev–Trinajstić information content (AvgIpc) is 3.23. The van der Waals surface area contributed by atoms with Crippen LogP contribution in [0.15, 0.2) is 30.3 Å². The highest BCUT2D eigenvalue weighted by atomic mass is 32.1. The lowest BCUT2D eigenvalue weighted by Gasteiger charge is -2.06.